The van der Waals surface area contributed by atoms with Gasteiger partial charge in [0.05, 0.1) is 11.6 Å². The molecule has 6 rings (SSSR count). The second-order valence-corrected chi connectivity index (χ2v) is 11.9. The Morgan fingerprint density at radius 2 is 1.82 bits per heavy atom. The third kappa shape index (κ3) is 4.53. The van der Waals surface area contributed by atoms with Crippen molar-refractivity contribution in [3.63, 3.8) is 0 Å². The zero-order valence-electron chi connectivity index (χ0n) is 22.0. The summed E-state index contributed by atoms with van der Waals surface area (Å²) in [6.07, 6.45) is 1.80. The zero-order valence-corrected chi connectivity index (χ0v) is 22.0. The molecule has 2 saturated heterocycles. The van der Waals surface area contributed by atoms with Crippen LogP contribution in [0.2, 0.25) is 0 Å². The lowest BCUT2D eigenvalue weighted by Crippen LogP contribution is -2.58. The fraction of sp³-hybridized carbons (Fsp3) is 0.600. The van der Waals surface area contributed by atoms with E-state index in [2.05, 4.69) is 16.7 Å². The van der Waals surface area contributed by atoms with E-state index in [0.29, 0.717) is 64.0 Å². The fourth-order valence-corrected chi connectivity index (χ4v) is 7.70. The molecule has 1 amide bonds. The number of fused-ring (bicyclic) bond motifs is 2. The molecule has 38 heavy (non-hydrogen) atoms. The van der Waals surface area contributed by atoms with Gasteiger partial charge in [-0.3, -0.25) is 9.78 Å². The molecule has 4 unspecified atom stereocenters. The number of alkyl halides is 2. The van der Waals surface area contributed by atoms with Gasteiger partial charge in [-0.2, -0.15) is 0 Å². The second-order valence-electron chi connectivity index (χ2n) is 11.9. The first-order valence-electron chi connectivity index (χ1n) is 14.1. The van der Waals surface area contributed by atoms with Gasteiger partial charge in [0.25, 0.3) is 0 Å². The highest BCUT2D eigenvalue weighted by atomic mass is 19.3. The van der Waals surface area contributed by atoms with Gasteiger partial charge in [-0.15, -0.1) is 0 Å². The van der Waals surface area contributed by atoms with Crippen molar-refractivity contribution in [2.75, 3.05) is 26.2 Å². The molecule has 2 N–H and O–H groups in total. The van der Waals surface area contributed by atoms with Crippen molar-refractivity contribution >= 4 is 5.91 Å². The number of halogens is 3. The van der Waals surface area contributed by atoms with Crippen LogP contribution in [0.15, 0.2) is 36.4 Å². The normalized spacial score (nSPS) is 31.4. The van der Waals surface area contributed by atoms with Gasteiger partial charge in [0.2, 0.25) is 11.8 Å². The first-order chi connectivity index (χ1) is 18.3. The number of amides is 1. The van der Waals surface area contributed by atoms with Crippen LogP contribution in [0.5, 0.6) is 0 Å². The Bertz CT molecular complexity index is 1200. The first-order valence-corrected chi connectivity index (χ1v) is 14.1. The molecule has 5 nitrogen and oxygen atoms in total. The molecule has 0 radical (unpaired) electrons. The molecule has 3 aliphatic heterocycles. The van der Waals surface area contributed by atoms with Crippen LogP contribution in [0.4, 0.5) is 13.2 Å². The summed E-state index contributed by atoms with van der Waals surface area (Å²) in [4.78, 5) is 21.2. The number of benzene rings is 1. The molecular formula is C30H37F3N4O. The fourth-order valence-electron chi connectivity index (χ4n) is 7.70. The Kier molecular flexibility index (Phi) is 6.75. The molecule has 204 valence electrons. The number of piperidine rings is 1. The van der Waals surface area contributed by atoms with Crippen LogP contribution < -0.4 is 10.6 Å². The Morgan fingerprint density at radius 3 is 2.61 bits per heavy atom. The number of hydrogen-bond acceptors (Lipinski definition) is 4. The summed E-state index contributed by atoms with van der Waals surface area (Å²) in [5.41, 5.74) is 3.39. The molecule has 1 saturated carbocycles. The lowest BCUT2D eigenvalue weighted by molar-refractivity contribution is -0.144. The summed E-state index contributed by atoms with van der Waals surface area (Å²) in [7, 11) is 0. The number of aryl methyl sites for hydroxylation is 1. The SMILES string of the molecule is Cc1ccc2c(n1)CNCC21CNCC1C(=O)N1CCC(c2ccccc2F)CC1C1CCC(F)(F)CC1. The molecule has 1 aliphatic carbocycles. The minimum absolute atomic E-state index is 0.000422. The van der Waals surface area contributed by atoms with Crippen LogP contribution in [-0.4, -0.2) is 53.9 Å². The third-order valence-corrected chi connectivity index (χ3v) is 9.72. The summed E-state index contributed by atoms with van der Waals surface area (Å²) in [6, 6.07) is 10.9. The highest BCUT2D eigenvalue weighted by molar-refractivity contribution is 5.82. The molecule has 2 aromatic rings. The van der Waals surface area contributed by atoms with Gasteiger partial charge in [-0.25, -0.2) is 13.2 Å². The lowest BCUT2D eigenvalue weighted by atomic mass is 9.68. The molecule has 0 bridgehead atoms. The molecule has 4 heterocycles. The van der Waals surface area contributed by atoms with Crippen molar-refractivity contribution in [3.05, 3.63) is 64.7 Å². The van der Waals surface area contributed by atoms with E-state index >= 15 is 0 Å². The summed E-state index contributed by atoms with van der Waals surface area (Å²) < 4.78 is 42.9. The van der Waals surface area contributed by atoms with Crippen molar-refractivity contribution in [1.82, 2.24) is 20.5 Å². The molecule has 3 fully saturated rings. The van der Waals surface area contributed by atoms with Gasteiger partial charge in [0.15, 0.2) is 0 Å². The van der Waals surface area contributed by atoms with Crippen LogP contribution in [0, 0.1) is 24.6 Å². The second kappa shape index (κ2) is 9.94. The van der Waals surface area contributed by atoms with Crippen molar-refractivity contribution in [3.8, 4) is 0 Å². The number of carbonyl (C=O) groups is 1. The van der Waals surface area contributed by atoms with Crippen LogP contribution in [0.25, 0.3) is 0 Å². The highest BCUT2D eigenvalue weighted by Crippen LogP contribution is 2.46. The first kappa shape index (κ1) is 25.8. The number of likely N-dealkylation sites (tertiary alicyclic amines) is 1. The van der Waals surface area contributed by atoms with E-state index in [4.69, 9.17) is 4.98 Å². The van der Waals surface area contributed by atoms with E-state index in [1.54, 1.807) is 6.07 Å². The van der Waals surface area contributed by atoms with Gasteiger partial charge >= 0.3 is 0 Å². The Balaban J connectivity index is 1.31. The number of aromatic nitrogens is 1. The number of carbonyl (C=O) groups excluding carboxylic acids is 1. The monoisotopic (exact) mass is 526 g/mol. The Morgan fingerprint density at radius 1 is 1.05 bits per heavy atom. The van der Waals surface area contributed by atoms with Gasteiger partial charge in [-0.05, 0) is 67.7 Å². The number of rotatable bonds is 3. The third-order valence-electron chi connectivity index (χ3n) is 9.72. The van der Waals surface area contributed by atoms with E-state index in [0.717, 1.165) is 17.0 Å². The summed E-state index contributed by atoms with van der Waals surface area (Å²) in [5, 5.41) is 7.00. The molecule has 4 aliphatic rings. The smallest absolute Gasteiger partial charge is 0.248 e. The van der Waals surface area contributed by atoms with Crippen molar-refractivity contribution < 1.29 is 18.0 Å². The lowest BCUT2D eigenvalue weighted by Gasteiger charge is -2.48. The molecule has 1 spiro atoms. The molecule has 8 heteroatoms. The maximum absolute atomic E-state index is 14.8. The maximum Gasteiger partial charge on any atom is 0.248 e. The topological polar surface area (TPSA) is 57.3 Å². The predicted molar refractivity (Wildman–Crippen MR) is 139 cm³/mol. The summed E-state index contributed by atoms with van der Waals surface area (Å²) in [6.45, 7) is 5.16. The van der Waals surface area contributed by atoms with Crippen molar-refractivity contribution in [2.24, 2.45) is 11.8 Å². The molecule has 1 aromatic carbocycles. The van der Waals surface area contributed by atoms with Crippen molar-refractivity contribution in [2.45, 2.75) is 75.3 Å². The average Bonchev–Trinajstić information content (AvgIpc) is 3.32. The van der Waals surface area contributed by atoms with Gasteiger partial charge in [0.1, 0.15) is 5.82 Å². The van der Waals surface area contributed by atoms with E-state index in [9.17, 15) is 18.0 Å². The average molecular weight is 527 g/mol. The minimum Gasteiger partial charge on any atom is -0.339 e. The van der Waals surface area contributed by atoms with Gasteiger partial charge < -0.3 is 15.5 Å². The van der Waals surface area contributed by atoms with E-state index in [-0.39, 0.29) is 48.4 Å². The van der Waals surface area contributed by atoms with Crippen LogP contribution in [0.3, 0.4) is 0 Å². The predicted octanol–water partition coefficient (Wildman–Crippen LogP) is 4.69. The number of pyridine rings is 1. The zero-order chi connectivity index (χ0) is 26.5. The largest absolute Gasteiger partial charge is 0.339 e. The van der Waals surface area contributed by atoms with Gasteiger partial charge in [-0.1, -0.05) is 24.3 Å². The maximum atomic E-state index is 14.8. The number of hydrogen-bond donors (Lipinski definition) is 2. The van der Waals surface area contributed by atoms with Crippen molar-refractivity contribution in [1.29, 1.82) is 0 Å². The standard InChI is InChI=1S/C30H37F3N4O/c1-19-6-7-23-26(36-19)16-35-18-29(23)17-34-15-24(29)28(38)37-13-10-21(22-4-2-3-5-25(22)31)14-27(37)20-8-11-30(32,33)12-9-20/h2-7,20-21,24,27,34-35H,8-18H2,1H3. The Hall–Kier alpha value is -2.45. The summed E-state index contributed by atoms with van der Waals surface area (Å²) in [5.74, 6) is -3.05. The van der Waals surface area contributed by atoms with E-state index in [1.165, 1.54) is 6.07 Å². The van der Waals surface area contributed by atoms with Gasteiger partial charge in [0, 0.05) is 62.7 Å². The van der Waals surface area contributed by atoms with E-state index in [1.807, 2.05) is 30.0 Å². The molecular weight excluding hydrogens is 489 g/mol. The van der Waals surface area contributed by atoms with E-state index < -0.39 is 11.3 Å². The summed E-state index contributed by atoms with van der Waals surface area (Å²) >= 11 is 0. The molecule has 4 atom stereocenters. The Labute approximate surface area is 222 Å². The molecule has 1 aromatic heterocycles. The van der Waals surface area contributed by atoms with Crippen LogP contribution in [0.1, 0.15) is 67.0 Å². The highest BCUT2D eigenvalue weighted by Gasteiger charge is 2.53. The minimum atomic E-state index is -2.63. The van der Waals surface area contributed by atoms with Crippen LogP contribution in [-0.2, 0) is 16.8 Å². The van der Waals surface area contributed by atoms with Crippen LogP contribution >= 0.6 is 0 Å². The number of nitrogens with zero attached hydrogens (tertiary/aromatic N) is 2. The quantitative estimate of drug-likeness (QED) is 0.610. The number of nitrogens with one attached hydrogen (secondary N) is 2.